The number of aryl methyl sites for hydroxylation is 1. The minimum Gasteiger partial charge on any atom is -0.374 e. The smallest absolute Gasteiger partial charge is 0.374 e. The summed E-state index contributed by atoms with van der Waals surface area (Å²) in [7, 11) is 1.39. The van der Waals surface area contributed by atoms with Gasteiger partial charge < -0.3 is 15.0 Å². The number of halogens is 3. The number of fused-ring (bicyclic) bond motifs is 1. The fourth-order valence-electron chi connectivity index (χ4n) is 3.84. The summed E-state index contributed by atoms with van der Waals surface area (Å²) in [6, 6.07) is 0. The molecule has 0 aliphatic heterocycles. The highest BCUT2D eigenvalue weighted by Crippen LogP contribution is 2.57. The van der Waals surface area contributed by atoms with E-state index in [1.807, 2.05) is 0 Å². The first-order valence-corrected chi connectivity index (χ1v) is 7.80. The summed E-state index contributed by atoms with van der Waals surface area (Å²) in [6.07, 6.45) is 0.214. The summed E-state index contributed by atoms with van der Waals surface area (Å²) >= 11 is 0. The van der Waals surface area contributed by atoms with Crippen molar-refractivity contribution in [2.75, 3.05) is 6.54 Å². The number of amides is 1. The number of hydrogen-bond acceptors (Lipinski definition) is 3. The molecule has 1 heterocycles. The van der Waals surface area contributed by atoms with Gasteiger partial charge in [0.15, 0.2) is 0 Å². The molecule has 0 radical (unpaired) electrons. The number of nitrogens with zero attached hydrogens (tertiary/aromatic N) is 2. The van der Waals surface area contributed by atoms with Crippen LogP contribution in [0.5, 0.6) is 0 Å². The first-order valence-electron chi connectivity index (χ1n) is 7.80. The molecule has 0 aromatic carbocycles. The summed E-state index contributed by atoms with van der Waals surface area (Å²) in [5, 5.41) is 12.7. The normalized spacial score (nSPS) is 29.0. The first kappa shape index (κ1) is 16.3. The summed E-state index contributed by atoms with van der Waals surface area (Å²) < 4.78 is 41.1. The second-order valence-corrected chi connectivity index (χ2v) is 6.55. The van der Waals surface area contributed by atoms with E-state index in [0.29, 0.717) is 11.8 Å². The van der Waals surface area contributed by atoms with Crippen molar-refractivity contribution in [2.45, 2.75) is 37.5 Å². The number of carbonyl (C=O) groups excluding carboxylic acids is 1. The third kappa shape index (κ3) is 2.73. The topological polar surface area (TPSA) is 67.2 Å². The Morgan fingerprint density at radius 3 is 2.61 bits per heavy atom. The Morgan fingerprint density at radius 2 is 2.09 bits per heavy atom. The van der Waals surface area contributed by atoms with Gasteiger partial charge >= 0.3 is 6.18 Å². The van der Waals surface area contributed by atoms with E-state index >= 15 is 0 Å². The summed E-state index contributed by atoms with van der Waals surface area (Å²) in [6.45, 7) is -0.238. The molecule has 1 aromatic heterocycles. The van der Waals surface area contributed by atoms with Gasteiger partial charge in [-0.05, 0) is 24.7 Å². The van der Waals surface area contributed by atoms with E-state index in [1.54, 1.807) is 0 Å². The summed E-state index contributed by atoms with van der Waals surface area (Å²) in [5.74, 6) is 0.111. The van der Waals surface area contributed by atoms with Gasteiger partial charge in [0, 0.05) is 38.3 Å². The summed E-state index contributed by atoms with van der Waals surface area (Å²) in [5.41, 5.74) is -3.07. The Kier molecular flexibility index (Phi) is 3.90. The van der Waals surface area contributed by atoms with Gasteiger partial charge in [0.05, 0.1) is 0 Å². The maximum absolute atomic E-state index is 13.3. The highest BCUT2D eigenvalue weighted by atomic mass is 19.4. The van der Waals surface area contributed by atoms with Gasteiger partial charge in [-0.3, -0.25) is 4.79 Å². The van der Waals surface area contributed by atoms with E-state index < -0.39 is 24.0 Å². The molecular weight excluding hydrogens is 311 g/mol. The summed E-state index contributed by atoms with van der Waals surface area (Å²) in [4.78, 5) is 15.6. The van der Waals surface area contributed by atoms with Crippen molar-refractivity contribution >= 4 is 5.91 Å². The molecule has 2 aliphatic rings. The largest absolute Gasteiger partial charge is 0.424 e. The van der Waals surface area contributed by atoms with Crippen molar-refractivity contribution in [1.82, 2.24) is 14.9 Å². The molecule has 1 amide bonds. The number of rotatable bonds is 5. The molecule has 2 N–H and O–H groups in total. The lowest BCUT2D eigenvalue weighted by Crippen LogP contribution is -2.46. The average molecular weight is 331 g/mol. The van der Waals surface area contributed by atoms with Crippen LogP contribution in [0.4, 0.5) is 13.2 Å². The van der Waals surface area contributed by atoms with Crippen LogP contribution < -0.4 is 5.32 Å². The lowest BCUT2D eigenvalue weighted by molar-refractivity contribution is -0.272. The van der Waals surface area contributed by atoms with Gasteiger partial charge in [-0.25, -0.2) is 4.98 Å². The van der Waals surface area contributed by atoms with Gasteiger partial charge in [-0.2, -0.15) is 13.2 Å². The monoisotopic (exact) mass is 331 g/mol. The van der Waals surface area contributed by atoms with E-state index in [9.17, 15) is 23.1 Å². The van der Waals surface area contributed by atoms with Crippen LogP contribution in [0.3, 0.4) is 0 Å². The molecule has 8 heteroatoms. The molecule has 3 rings (SSSR count). The molecule has 0 bridgehead atoms. The number of imidazole rings is 1. The highest BCUT2D eigenvalue weighted by Gasteiger charge is 2.58. The number of aromatic nitrogens is 2. The van der Waals surface area contributed by atoms with Crippen LogP contribution in [0.1, 0.15) is 31.5 Å². The maximum Gasteiger partial charge on any atom is 0.424 e. The second kappa shape index (κ2) is 5.51. The molecule has 3 unspecified atom stereocenters. The number of hydrogen-bond donors (Lipinski definition) is 2. The SMILES string of the molecule is Cn1ccnc1C(O)(CCNC(=O)C1C2CCCC21)C(F)(F)F. The van der Waals surface area contributed by atoms with E-state index in [4.69, 9.17) is 0 Å². The number of aliphatic hydroxyl groups is 1. The van der Waals surface area contributed by atoms with Crippen LogP contribution in [0.25, 0.3) is 0 Å². The fourth-order valence-corrected chi connectivity index (χ4v) is 3.84. The third-order valence-corrected chi connectivity index (χ3v) is 5.16. The van der Waals surface area contributed by atoms with Crippen LogP contribution in [0.15, 0.2) is 12.4 Å². The van der Waals surface area contributed by atoms with Crippen molar-refractivity contribution in [3.05, 3.63) is 18.2 Å². The zero-order valence-corrected chi connectivity index (χ0v) is 12.8. The molecule has 2 saturated carbocycles. The minimum atomic E-state index is -4.87. The van der Waals surface area contributed by atoms with Crippen molar-refractivity contribution in [1.29, 1.82) is 0 Å². The lowest BCUT2D eigenvalue weighted by Gasteiger charge is -2.30. The molecule has 128 valence electrons. The zero-order chi connectivity index (χ0) is 16.8. The molecule has 0 spiro atoms. The number of nitrogens with one attached hydrogen (secondary N) is 1. The number of carbonyl (C=O) groups is 1. The Hall–Kier alpha value is -1.57. The van der Waals surface area contributed by atoms with Crippen molar-refractivity contribution in [3.8, 4) is 0 Å². The Labute approximate surface area is 131 Å². The zero-order valence-electron chi connectivity index (χ0n) is 12.8. The molecule has 5 nitrogen and oxygen atoms in total. The lowest BCUT2D eigenvalue weighted by atomic mass is 9.97. The van der Waals surface area contributed by atoms with Gasteiger partial charge in [-0.15, -0.1) is 0 Å². The quantitative estimate of drug-likeness (QED) is 0.863. The van der Waals surface area contributed by atoms with Crippen LogP contribution >= 0.6 is 0 Å². The van der Waals surface area contributed by atoms with E-state index in [-0.39, 0.29) is 18.4 Å². The van der Waals surface area contributed by atoms with Gasteiger partial charge in [0.25, 0.3) is 0 Å². The molecule has 2 aliphatic carbocycles. The first-order chi connectivity index (χ1) is 10.8. The van der Waals surface area contributed by atoms with E-state index in [0.717, 1.165) is 23.8 Å². The molecular formula is C15H20F3N3O2. The van der Waals surface area contributed by atoms with Crippen molar-refractivity contribution in [2.24, 2.45) is 24.8 Å². The van der Waals surface area contributed by atoms with E-state index in [2.05, 4.69) is 10.3 Å². The Morgan fingerprint density at radius 1 is 1.43 bits per heavy atom. The van der Waals surface area contributed by atoms with Gasteiger partial charge in [0.2, 0.25) is 11.5 Å². The Bertz CT molecular complexity index is 591. The predicted octanol–water partition coefficient (Wildman–Crippen LogP) is 1.72. The van der Waals surface area contributed by atoms with Crippen molar-refractivity contribution < 1.29 is 23.1 Å². The minimum absolute atomic E-state index is 0.0455. The van der Waals surface area contributed by atoms with E-state index in [1.165, 1.54) is 19.4 Å². The third-order valence-electron chi connectivity index (χ3n) is 5.16. The second-order valence-electron chi connectivity index (χ2n) is 6.55. The maximum atomic E-state index is 13.3. The molecule has 3 atom stereocenters. The molecule has 23 heavy (non-hydrogen) atoms. The predicted molar refractivity (Wildman–Crippen MR) is 75.1 cm³/mol. The van der Waals surface area contributed by atoms with Crippen LogP contribution in [-0.4, -0.2) is 33.3 Å². The highest BCUT2D eigenvalue weighted by molar-refractivity contribution is 5.82. The van der Waals surface area contributed by atoms with Crippen LogP contribution in [-0.2, 0) is 17.4 Å². The average Bonchev–Trinajstić information content (AvgIpc) is 2.81. The van der Waals surface area contributed by atoms with Gasteiger partial charge in [-0.1, -0.05) is 6.42 Å². The fraction of sp³-hybridized carbons (Fsp3) is 0.733. The molecule has 2 fully saturated rings. The van der Waals surface area contributed by atoms with Crippen molar-refractivity contribution in [3.63, 3.8) is 0 Å². The molecule has 0 saturated heterocycles. The van der Waals surface area contributed by atoms with Gasteiger partial charge in [0.1, 0.15) is 5.82 Å². The molecule has 1 aromatic rings. The Balaban J connectivity index is 1.62. The number of alkyl halides is 3. The van der Waals surface area contributed by atoms with Crippen LogP contribution in [0.2, 0.25) is 0 Å². The standard InChI is InChI=1S/C15H20F3N3O2/c1-21-8-7-20-13(21)14(23,15(16,17)18)5-6-19-12(22)11-9-3-2-4-10(9)11/h7-11,23H,2-6H2,1H3,(H,19,22). The van der Waals surface area contributed by atoms with Crippen LogP contribution in [0, 0.1) is 17.8 Å².